The molecule has 1 fully saturated rings. The minimum atomic E-state index is -0.336. The number of anilines is 2. The van der Waals surface area contributed by atoms with Crippen LogP contribution in [0.4, 0.5) is 15.9 Å². The van der Waals surface area contributed by atoms with Crippen molar-refractivity contribution in [2.75, 3.05) is 30.4 Å². The molecule has 4 heterocycles. The van der Waals surface area contributed by atoms with Gasteiger partial charge in [-0.1, -0.05) is 0 Å². The van der Waals surface area contributed by atoms with E-state index in [1.165, 1.54) is 12.1 Å². The molecule has 0 spiro atoms. The topological polar surface area (TPSA) is 118 Å². The fourth-order valence-corrected chi connectivity index (χ4v) is 4.17. The van der Waals surface area contributed by atoms with E-state index in [0.29, 0.717) is 40.7 Å². The van der Waals surface area contributed by atoms with Crippen LogP contribution in [-0.4, -0.2) is 51.1 Å². The van der Waals surface area contributed by atoms with Crippen LogP contribution in [0.1, 0.15) is 18.7 Å². The number of benzene rings is 1. The third-order valence-electron chi connectivity index (χ3n) is 5.64. The van der Waals surface area contributed by atoms with Gasteiger partial charge in [0, 0.05) is 31.6 Å². The van der Waals surface area contributed by atoms with Crippen molar-refractivity contribution in [1.82, 2.24) is 24.9 Å². The standard InChI is InChI=1S/C21H23FN8O/c1-11-25-9-14(10-26-11)31-21-28-19-17(20(29-21)30-5-3-4-13(30)8-23)15-6-12(22)7-16(24-2)18(15)27-19/h6-7,9-10,13,24H,3-5,8,23H2,1-2H3,(H,27,28,29). The second kappa shape index (κ2) is 7.62. The van der Waals surface area contributed by atoms with E-state index >= 15 is 0 Å². The van der Waals surface area contributed by atoms with Gasteiger partial charge in [-0.05, 0) is 31.9 Å². The van der Waals surface area contributed by atoms with Gasteiger partial charge in [0.25, 0.3) is 0 Å². The van der Waals surface area contributed by atoms with Crippen LogP contribution in [0, 0.1) is 12.7 Å². The van der Waals surface area contributed by atoms with E-state index in [1.54, 1.807) is 26.4 Å². The number of H-pyrrole nitrogens is 1. The van der Waals surface area contributed by atoms with Gasteiger partial charge in [-0.15, -0.1) is 0 Å². The number of aromatic nitrogens is 5. The number of nitrogens with one attached hydrogen (secondary N) is 2. The van der Waals surface area contributed by atoms with Crippen LogP contribution in [0.15, 0.2) is 24.5 Å². The molecule has 5 rings (SSSR count). The molecule has 4 aromatic rings. The summed E-state index contributed by atoms with van der Waals surface area (Å²) in [6.07, 6.45) is 5.14. The zero-order chi connectivity index (χ0) is 21.5. The molecule has 1 aliphatic heterocycles. The van der Waals surface area contributed by atoms with Crippen molar-refractivity contribution in [3.8, 4) is 11.8 Å². The molecule has 1 saturated heterocycles. The second-order valence-corrected chi connectivity index (χ2v) is 7.60. The highest BCUT2D eigenvalue weighted by Gasteiger charge is 2.29. The first-order valence-electron chi connectivity index (χ1n) is 10.2. The van der Waals surface area contributed by atoms with E-state index in [2.05, 4.69) is 30.2 Å². The lowest BCUT2D eigenvalue weighted by Crippen LogP contribution is -2.36. The molecule has 0 aliphatic carbocycles. The molecule has 1 aromatic carbocycles. The van der Waals surface area contributed by atoms with E-state index in [4.69, 9.17) is 15.5 Å². The zero-order valence-electron chi connectivity index (χ0n) is 17.3. The lowest BCUT2D eigenvalue weighted by molar-refractivity contribution is 0.439. The minimum absolute atomic E-state index is 0.149. The number of rotatable bonds is 5. The number of hydrogen-bond acceptors (Lipinski definition) is 8. The molecule has 0 radical (unpaired) electrons. The van der Waals surface area contributed by atoms with Gasteiger partial charge in [-0.25, -0.2) is 14.4 Å². The summed E-state index contributed by atoms with van der Waals surface area (Å²) in [7, 11) is 1.75. The van der Waals surface area contributed by atoms with E-state index in [0.717, 1.165) is 30.3 Å². The van der Waals surface area contributed by atoms with Gasteiger partial charge in [0.1, 0.15) is 23.1 Å². The predicted octanol–water partition coefficient (Wildman–Crippen LogP) is 3.11. The molecule has 9 nitrogen and oxygen atoms in total. The van der Waals surface area contributed by atoms with Crippen LogP contribution in [0.3, 0.4) is 0 Å². The van der Waals surface area contributed by atoms with Gasteiger partial charge < -0.3 is 25.7 Å². The zero-order valence-corrected chi connectivity index (χ0v) is 17.3. The summed E-state index contributed by atoms with van der Waals surface area (Å²) >= 11 is 0. The van der Waals surface area contributed by atoms with E-state index < -0.39 is 0 Å². The molecule has 160 valence electrons. The number of nitrogens with two attached hydrogens (primary N) is 1. The van der Waals surface area contributed by atoms with Gasteiger partial charge in [0.05, 0.1) is 29.0 Å². The molecule has 4 N–H and O–H groups in total. The Morgan fingerprint density at radius 2 is 2.10 bits per heavy atom. The lowest BCUT2D eigenvalue weighted by Gasteiger charge is -2.25. The summed E-state index contributed by atoms with van der Waals surface area (Å²) in [5, 5.41) is 4.50. The first-order chi connectivity index (χ1) is 15.1. The molecule has 0 amide bonds. The van der Waals surface area contributed by atoms with E-state index in [-0.39, 0.29) is 17.9 Å². The van der Waals surface area contributed by atoms with Crippen molar-refractivity contribution < 1.29 is 9.13 Å². The van der Waals surface area contributed by atoms with Crippen molar-refractivity contribution in [3.63, 3.8) is 0 Å². The Labute approximate surface area is 177 Å². The van der Waals surface area contributed by atoms with Crippen molar-refractivity contribution >= 4 is 33.4 Å². The molecule has 1 aliphatic rings. The Kier molecular flexibility index (Phi) is 4.78. The summed E-state index contributed by atoms with van der Waals surface area (Å²) < 4.78 is 20.2. The van der Waals surface area contributed by atoms with Crippen molar-refractivity contribution in [2.45, 2.75) is 25.8 Å². The molecule has 0 bridgehead atoms. The lowest BCUT2D eigenvalue weighted by atomic mass is 10.1. The fraction of sp³-hybridized carbons (Fsp3) is 0.333. The predicted molar refractivity (Wildman–Crippen MR) is 117 cm³/mol. The first-order valence-corrected chi connectivity index (χ1v) is 10.2. The highest BCUT2D eigenvalue weighted by Crippen LogP contribution is 2.39. The molecule has 1 atom stereocenters. The van der Waals surface area contributed by atoms with Crippen LogP contribution < -0.4 is 20.7 Å². The maximum absolute atomic E-state index is 14.4. The van der Waals surface area contributed by atoms with Gasteiger partial charge in [0.2, 0.25) is 0 Å². The fourth-order valence-electron chi connectivity index (χ4n) is 4.17. The Bertz CT molecular complexity index is 1260. The maximum atomic E-state index is 14.4. The summed E-state index contributed by atoms with van der Waals surface area (Å²) in [5.41, 5.74) is 7.99. The number of ether oxygens (including phenoxy) is 1. The molecule has 3 aromatic heterocycles. The Morgan fingerprint density at radius 1 is 1.29 bits per heavy atom. The average molecular weight is 422 g/mol. The number of fused-ring (bicyclic) bond motifs is 3. The normalized spacial score (nSPS) is 16.4. The smallest absolute Gasteiger partial charge is 0.326 e. The summed E-state index contributed by atoms with van der Waals surface area (Å²) in [6, 6.07) is 3.26. The van der Waals surface area contributed by atoms with Crippen LogP contribution in [0.5, 0.6) is 11.8 Å². The van der Waals surface area contributed by atoms with Crippen LogP contribution in [0.2, 0.25) is 0 Å². The Hall–Kier alpha value is -3.53. The number of hydrogen-bond donors (Lipinski definition) is 3. The highest BCUT2D eigenvalue weighted by atomic mass is 19.1. The summed E-state index contributed by atoms with van der Waals surface area (Å²) in [6.45, 7) is 3.11. The van der Waals surface area contributed by atoms with Gasteiger partial charge >= 0.3 is 6.01 Å². The molecule has 10 heteroatoms. The minimum Gasteiger partial charge on any atom is -0.421 e. The van der Waals surface area contributed by atoms with Gasteiger partial charge in [0.15, 0.2) is 5.75 Å². The van der Waals surface area contributed by atoms with Crippen LogP contribution in [-0.2, 0) is 0 Å². The molecule has 0 saturated carbocycles. The number of nitrogens with zero attached hydrogens (tertiary/aromatic N) is 5. The first kappa shape index (κ1) is 19.4. The molecule has 31 heavy (non-hydrogen) atoms. The second-order valence-electron chi connectivity index (χ2n) is 7.60. The average Bonchev–Trinajstić information content (AvgIpc) is 3.38. The van der Waals surface area contributed by atoms with Gasteiger partial charge in [-0.2, -0.15) is 9.97 Å². The number of halogens is 1. The quantitative estimate of drug-likeness (QED) is 0.449. The summed E-state index contributed by atoms with van der Waals surface area (Å²) in [5.74, 6) is 1.42. The summed E-state index contributed by atoms with van der Waals surface area (Å²) in [4.78, 5) is 23.1. The Balaban J connectivity index is 1.73. The molecule has 1 unspecified atom stereocenters. The van der Waals surface area contributed by atoms with Crippen molar-refractivity contribution in [2.24, 2.45) is 5.73 Å². The third-order valence-corrected chi connectivity index (χ3v) is 5.64. The largest absolute Gasteiger partial charge is 0.421 e. The monoisotopic (exact) mass is 422 g/mol. The SMILES string of the molecule is CNc1cc(F)cc2c1[nH]c1nc(Oc3cnc(C)nc3)nc(N3CCCC3CN)c12. The Morgan fingerprint density at radius 3 is 2.84 bits per heavy atom. The van der Waals surface area contributed by atoms with Crippen molar-refractivity contribution in [1.29, 1.82) is 0 Å². The molecular formula is C21H23FN8O. The van der Waals surface area contributed by atoms with Gasteiger partial charge in [-0.3, -0.25) is 0 Å². The van der Waals surface area contributed by atoms with E-state index in [1.807, 2.05) is 0 Å². The third kappa shape index (κ3) is 3.38. The molecular weight excluding hydrogens is 399 g/mol. The maximum Gasteiger partial charge on any atom is 0.326 e. The van der Waals surface area contributed by atoms with Crippen LogP contribution >= 0.6 is 0 Å². The van der Waals surface area contributed by atoms with E-state index in [9.17, 15) is 4.39 Å². The van der Waals surface area contributed by atoms with Crippen molar-refractivity contribution in [3.05, 3.63) is 36.2 Å². The highest BCUT2D eigenvalue weighted by molar-refractivity contribution is 6.14. The van der Waals surface area contributed by atoms with Crippen LogP contribution in [0.25, 0.3) is 21.9 Å². The number of aryl methyl sites for hydroxylation is 1. The number of aromatic amines is 1.